The van der Waals surface area contributed by atoms with Crippen LogP contribution in [0.3, 0.4) is 0 Å². The first-order valence-electron chi connectivity index (χ1n) is 14.1. The molecule has 0 aliphatic rings. The second-order valence-corrected chi connectivity index (χ2v) is 10.3. The van der Waals surface area contributed by atoms with Crippen molar-refractivity contribution in [3.8, 4) is 45.5 Å². The fourth-order valence-electron chi connectivity index (χ4n) is 5.77. The summed E-state index contributed by atoms with van der Waals surface area (Å²) in [5.41, 5.74) is 6.10. The van der Waals surface area contributed by atoms with Crippen molar-refractivity contribution in [3.05, 3.63) is 146 Å². The van der Waals surface area contributed by atoms with Gasteiger partial charge in [0.05, 0.1) is 11.2 Å². The van der Waals surface area contributed by atoms with Crippen LogP contribution in [0.1, 0.15) is 0 Å². The van der Waals surface area contributed by atoms with Crippen molar-refractivity contribution < 1.29 is 30.9 Å². The van der Waals surface area contributed by atoms with Gasteiger partial charge in [0, 0.05) is 49.9 Å². The van der Waals surface area contributed by atoms with Gasteiger partial charge in [-0.2, -0.15) is 0 Å². The third-order valence-electron chi connectivity index (χ3n) is 7.74. The molecule has 0 bridgehead atoms. The van der Waals surface area contributed by atoms with Gasteiger partial charge >= 0.3 is 0 Å². The number of para-hydroxylation sites is 3. The molecule has 0 aliphatic carbocycles. The zero-order chi connectivity index (χ0) is 28.8. The van der Waals surface area contributed by atoms with Crippen LogP contribution in [0.25, 0.3) is 60.8 Å². The van der Waals surface area contributed by atoms with Crippen molar-refractivity contribution in [1.82, 2.24) is 14.5 Å². The minimum atomic E-state index is 0. The fraction of sp³-hybridized carbons (Fsp3) is 0. The molecule has 0 atom stereocenters. The number of pyridine rings is 2. The number of hydrogen-bond acceptors (Lipinski definition) is 4. The van der Waals surface area contributed by atoms with Gasteiger partial charge in [0.15, 0.2) is 0 Å². The Kier molecular flexibility index (Phi) is 7.17. The van der Waals surface area contributed by atoms with E-state index in [2.05, 4.69) is 59.6 Å². The zero-order valence-electron chi connectivity index (χ0n) is 23.3. The van der Waals surface area contributed by atoms with E-state index in [1.807, 2.05) is 83.4 Å². The maximum atomic E-state index is 10.7. The first kappa shape index (κ1) is 27.6. The monoisotopic (exact) mass is 749 g/mol. The molecule has 5 nitrogen and oxygen atoms in total. The minimum Gasteiger partial charge on any atom is -0.506 e. The molecule has 0 spiro atoms. The van der Waals surface area contributed by atoms with Gasteiger partial charge in [0.25, 0.3) is 0 Å². The molecule has 3 aromatic heterocycles. The Labute approximate surface area is 268 Å². The molecule has 8 rings (SSSR count). The third kappa shape index (κ3) is 4.82. The Morgan fingerprint density at radius 3 is 2.36 bits per heavy atom. The van der Waals surface area contributed by atoms with Gasteiger partial charge in [-0.05, 0) is 51.9 Å². The molecule has 6 heteroatoms. The van der Waals surface area contributed by atoms with Crippen LogP contribution in [-0.2, 0) is 21.1 Å². The van der Waals surface area contributed by atoms with Gasteiger partial charge in [-0.3, -0.25) is 9.55 Å². The van der Waals surface area contributed by atoms with Crippen LogP contribution in [0.15, 0.2) is 140 Å². The molecule has 214 valence electrons. The molecule has 0 aliphatic heterocycles. The summed E-state index contributed by atoms with van der Waals surface area (Å²) in [6.07, 6.45) is 1.77. The fourth-order valence-corrected chi connectivity index (χ4v) is 5.77. The summed E-state index contributed by atoms with van der Waals surface area (Å²) in [6.45, 7) is 0. The van der Waals surface area contributed by atoms with Crippen LogP contribution < -0.4 is 4.74 Å². The topological polar surface area (TPSA) is 60.2 Å². The summed E-state index contributed by atoms with van der Waals surface area (Å²) in [5, 5.41) is 15.2. The molecule has 44 heavy (non-hydrogen) atoms. The molecule has 0 radical (unpaired) electrons. The van der Waals surface area contributed by atoms with Gasteiger partial charge in [-0.25, -0.2) is 4.98 Å². The van der Waals surface area contributed by atoms with Crippen LogP contribution >= 0.6 is 0 Å². The molecular weight excluding hydrogens is 726 g/mol. The molecule has 8 aromatic rings. The molecule has 0 saturated heterocycles. The van der Waals surface area contributed by atoms with E-state index in [0.29, 0.717) is 17.3 Å². The summed E-state index contributed by atoms with van der Waals surface area (Å²) < 4.78 is 8.23. The molecule has 1 N–H and O–H groups in total. The van der Waals surface area contributed by atoms with Crippen LogP contribution in [0.2, 0.25) is 0 Å². The van der Waals surface area contributed by atoms with Crippen LogP contribution in [0.5, 0.6) is 17.4 Å². The molecule has 0 amide bonds. The molecule has 0 unspecified atom stereocenters. The van der Waals surface area contributed by atoms with E-state index in [0.717, 1.165) is 44.3 Å². The molecule has 0 fully saturated rings. The SMILES string of the molecule is Oc1ccccc1-n1c2ccccc2c2ccc(-c3[c-]c(Oc4cc(-c5cccc6ccccc56)ccn4)ccc3)nc21.[Pt]. The normalized spacial score (nSPS) is 11.1. The first-order chi connectivity index (χ1) is 21.2. The minimum absolute atomic E-state index is 0. The smallest absolute Gasteiger partial charge is 0.217 e. The largest absolute Gasteiger partial charge is 0.506 e. The summed E-state index contributed by atoms with van der Waals surface area (Å²) >= 11 is 0. The number of phenolic OH excluding ortho intramolecular Hbond substituents is 1. The van der Waals surface area contributed by atoms with Gasteiger partial charge in [0.2, 0.25) is 5.88 Å². The Morgan fingerprint density at radius 1 is 0.682 bits per heavy atom. The Balaban J connectivity index is 0.00000312. The predicted octanol–water partition coefficient (Wildman–Crippen LogP) is 9.36. The summed E-state index contributed by atoms with van der Waals surface area (Å²) in [4.78, 5) is 9.56. The second-order valence-electron chi connectivity index (χ2n) is 10.3. The Hall–Kier alpha value is -5.25. The summed E-state index contributed by atoms with van der Waals surface area (Å²) in [5.74, 6) is 1.22. The maximum Gasteiger partial charge on any atom is 0.217 e. The van der Waals surface area contributed by atoms with E-state index >= 15 is 0 Å². The van der Waals surface area contributed by atoms with E-state index in [1.165, 1.54) is 10.8 Å². The summed E-state index contributed by atoms with van der Waals surface area (Å²) in [6, 6.07) is 47.3. The van der Waals surface area contributed by atoms with Crippen molar-refractivity contribution in [3.63, 3.8) is 0 Å². The number of rotatable bonds is 5. The molecule has 3 heterocycles. The predicted molar refractivity (Wildman–Crippen MR) is 172 cm³/mol. The average molecular weight is 750 g/mol. The van der Waals surface area contributed by atoms with E-state index in [1.54, 1.807) is 12.3 Å². The van der Waals surface area contributed by atoms with Crippen molar-refractivity contribution in [2.75, 3.05) is 0 Å². The number of aromatic nitrogens is 3. The Bertz CT molecular complexity index is 2310. The Morgan fingerprint density at radius 2 is 1.45 bits per heavy atom. The number of hydrogen-bond donors (Lipinski definition) is 1. The van der Waals surface area contributed by atoms with E-state index in [4.69, 9.17) is 9.72 Å². The number of benzene rings is 5. The zero-order valence-corrected chi connectivity index (χ0v) is 25.6. The van der Waals surface area contributed by atoms with Crippen LogP contribution in [0, 0.1) is 6.07 Å². The molecular formula is C38H24N3O2Pt-. The number of fused-ring (bicyclic) bond motifs is 4. The number of phenols is 1. The molecule has 0 saturated carbocycles. The maximum absolute atomic E-state index is 10.7. The van der Waals surface area contributed by atoms with Gasteiger partial charge in [-0.15, -0.1) is 23.8 Å². The van der Waals surface area contributed by atoms with Crippen molar-refractivity contribution in [1.29, 1.82) is 0 Å². The number of nitrogens with zero attached hydrogens (tertiary/aromatic N) is 3. The van der Waals surface area contributed by atoms with Crippen LogP contribution in [0.4, 0.5) is 0 Å². The van der Waals surface area contributed by atoms with Crippen molar-refractivity contribution >= 4 is 32.7 Å². The van der Waals surface area contributed by atoms with E-state index in [-0.39, 0.29) is 26.8 Å². The summed E-state index contributed by atoms with van der Waals surface area (Å²) in [7, 11) is 0. The average Bonchev–Trinajstić information content (AvgIpc) is 3.38. The van der Waals surface area contributed by atoms with E-state index in [9.17, 15) is 5.11 Å². The van der Waals surface area contributed by atoms with Crippen molar-refractivity contribution in [2.24, 2.45) is 0 Å². The number of aromatic hydroxyl groups is 1. The standard InChI is InChI=1S/C38H24N3O2.Pt/c42-36-18-6-5-17-35(36)41-34-16-4-3-14-31(34)32-19-20-33(40-38(32)41)27-11-7-12-28(23-27)43-37-24-26(21-22-39-37)30-15-8-10-25-9-1-2-13-29(25)30;/h1-22,24,42H;/q-1;. The van der Waals surface area contributed by atoms with Gasteiger partial charge in [-0.1, -0.05) is 91.0 Å². The molecule has 5 aromatic carbocycles. The van der Waals surface area contributed by atoms with Crippen LogP contribution in [-0.4, -0.2) is 19.6 Å². The van der Waals surface area contributed by atoms with E-state index < -0.39 is 0 Å². The van der Waals surface area contributed by atoms with Gasteiger partial charge in [0.1, 0.15) is 11.4 Å². The van der Waals surface area contributed by atoms with Crippen molar-refractivity contribution in [2.45, 2.75) is 0 Å². The third-order valence-corrected chi connectivity index (χ3v) is 7.74. The second kappa shape index (κ2) is 11.4. The van der Waals surface area contributed by atoms with Gasteiger partial charge < -0.3 is 9.84 Å². The first-order valence-corrected chi connectivity index (χ1v) is 14.1. The number of ether oxygens (including phenoxy) is 1. The quantitative estimate of drug-likeness (QED) is 0.178.